The third-order valence-corrected chi connectivity index (χ3v) is 2.10. The first-order chi connectivity index (χ1) is 7.31. The van der Waals surface area contributed by atoms with Crippen LogP contribution in [-0.4, -0.2) is 11.5 Å². The molecule has 1 N–H and O–H groups in total. The highest BCUT2D eigenvalue weighted by atomic mass is 14.8. The van der Waals surface area contributed by atoms with Gasteiger partial charge in [-0.1, -0.05) is 13.0 Å². The Balaban J connectivity index is 2.75. The minimum absolute atomic E-state index is 0.676. The second kappa shape index (κ2) is 5.94. The summed E-state index contributed by atoms with van der Waals surface area (Å²) in [5.41, 5.74) is 2.57. The molecule has 0 aliphatic rings. The molecule has 0 radical (unpaired) electrons. The van der Waals surface area contributed by atoms with E-state index in [1.54, 1.807) is 6.08 Å². The highest BCUT2D eigenvalue weighted by molar-refractivity contribution is 5.35. The molecule has 1 heterocycles. The third-order valence-electron chi connectivity index (χ3n) is 2.10. The number of rotatable bonds is 5. The fraction of sp³-hybridized carbons (Fsp3) is 0.333. The van der Waals surface area contributed by atoms with Crippen LogP contribution in [0.25, 0.3) is 0 Å². The van der Waals surface area contributed by atoms with Crippen LogP contribution in [0.2, 0.25) is 0 Å². The van der Waals surface area contributed by atoms with Gasteiger partial charge in [-0.2, -0.15) is 5.26 Å². The zero-order valence-corrected chi connectivity index (χ0v) is 8.95. The number of hydrogen-bond acceptors (Lipinski definition) is 3. The molecule has 0 fully saturated rings. The van der Waals surface area contributed by atoms with Crippen molar-refractivity contribution in [1.29, 1.82) is 5.26 Å². The molecule has 0 aromatic carbocycles. The van der Waals surface area contributed by atoms with Gasteiger partial charge in [0.1, 0.15) is 6.07 Å². The molecule has 3 nitrogen and oxygen atoms in total. The zero-order chi connectivity index (χ0) is 11.1. The summed E-state index contributed by atoms with van der Waals surface area (Å²) in [6.07, 6.45) is 4.41. The van der Waals surface area contributed by atoms with E-state index in [2.05, 4.69) is 22.9 Å². The average Bonchev–Trinajstić information content (AvgIpc) is 2.29. The fourth-order valence-electron chi connectivity index (χ4n) is 1.33. The Labute approximate surface area is 90.5 Å². The molecular formula is C12H15N3. The summed E-state index contributed by atoms with van der Waals surface area (Å²) in [6.45, 7) is 7.10. The first kappa shape index (κ1) is 11.4. The van der Waals surface area contributed by atoms with E-state index in [1.165, 1.54) is 0 Å². The first-order valence-electron chi connectivity index (χ1n) is 5.01. The molecule has 0 unspecified atom stereocenters. The lowest BCUT2D eigenvalue weighted by Gasteiger charge is -2.04. The minimum atomic E-state index is 0.676. The molecule has 0 amide bonds. The fourth-order valence-corrected chi connectivity index (χ4v) is 1.33. The molecule has 0 atom stereocenters. The molecule has 15 heavy (non-hydrogen) atoms. The normalized spacial score (nSPS) is 9.60. The van der Waals surface area contributed by atoms with Crippen LogP contribution in [-0.2, 0) is 13.0 Å². The first-order valence-corrected chi connectivity index (χ1v) is 5.01. The Morgan fingerprint density at radius 2 is 2.47 bits per heavy atom. The van der Waals surface area contributed by atoms with E-state index < -0.39 is 0 Å². The van der Waals surface area contributed by atoms with Crippen molar-refractivity contribution in [3.63, 3.8) is 0 Å². The maximum absolute atomic E-state index is 8.92. The zero-order valence-electron chi connectivity index (χ0n) is 8.95. The summed E-state index contributed by atoms with van der Waals surface area (Å²) >= 11 is 0. The van der Waals surface area contributed by atoms with Crippen LogP contribution in [0.4, 0.5) is 0 Å². The third kappa shape index (κ3) is 3.19. The van der Waals surface area contributed by atoms with Crippen molar-refractivity contribution in [3.8, 4) is 6.07 Å². The Kier molecular flexibility index (Phi) is 4.52. The summed E-state index contributed by atoms with van der Waals surface area (Å²) in [7, 11) is 0. The van der Waals surface area contributed by atoms with Gasteiger partial charge in [0.2, 0.25) is 0 Å². The lowest BCUT2D eigenvalue weighted by atomic mass is 10.1. The van der Waals surface area contributed by atoms with Gasteiger partial charge in [0.15, 0.2) is 0 Å². The number of nitrogens with zero attached hydrogens (tertiary/aromatic N) is 2. The molecule has 0 aliphatic carbocycles. The molecule has 1 rings (SSSR count). The van der Waals surface area contributed by atoms with Crippen molar-refractivity contribution >= 4 is 0 Å². The second-order valence-electron chi connectivity index (χ2n) is 3.22. The number of pyridine rings is 1. The molecule has 0 saturated carbocycles. The summed E-state index contributed by atoms with van der Waals surface area (Å²) in [4.78, 5) is 4.26. The van der Waals surface area contributed by atoms with Gasteiger partial charge >= 0.3 is 0 Å². The van der Waals surface area contributed by atoms with Gasteiger partial charge in [-0.3, -0.25) is 4.98 Å². The van der Waals surface area contributed by atoms with Gasteiger partial charge in [0.05, 0.1) is 11.3 Å². The quantitative estimate of drug-likeness (QED) is 0.583. The maximum atomic E-state index is 8.92. The Hall–Kier alpha value is -1.66. The van der Waals surface area contributed by atoms with Gasteiger partial charge in [0.25, 0.3) is 0 Å². The van der Waals surface area contributed by atoms with Crippen LogP contribution >= 0.6 is 0 Å². The molecule has 78 valence electrons. The van der Waals surface area contributed by atoms with Gasteiger partial charge in [0, 0.05) is 19.3 Å². The highest BCUT2D eigenvalue weighted by Gasteiger charge is 2.02. The van der Waals surface area contributed by atoms with E-state index in [0.29, 0.717) is 5.56 Å². The summed E-state index contributed by atoms with van der Waals surface area (Å²) in [6, 6.07) is 4.06. The predicted molar refractivity (Wildman–Crippen MR) is 60.2 cm³/mol. The lowest BCUT2D eigenvalue weighted by Crippen LogP contribution is -2.13. The van der Waals surface area contributed by atoms with Crippen LogP contribution in [0.5, 0.6) is 0 Å². The number of nitrogens with one attached hydrogen (secondary N) is 1. The van der Waals surface area contributed by atoms with Gasteiger partial charge in [-0.05, 0) is 18.1 Å². The number of aromatic nitrogens is 1. The average molecular weight is 201 g/mol. The monoisotopic (exact) mass is 201 g/mol. The molecule has 0 spiro atoms. The van der Waals surface area contributed by atoms with Gasteiger partial charge in [-0.25, -0.2) is 0 Å². The minimum Gasteiger partial charge on any atom is -0.309 e. The number of hydrogen-bond donors (Lipinski definition) is 1. The van der Waals surface area contributed by atoms with Gasteiger partial charge in [-0.15, -0.1) is 6.58 Å². The molecule has 0 saturated heterocycles. The standard InChI is InChI=1S/C12H15N3/c1-3-5-14-8-10-6-11(7-13)12(4-2)15-9-10/h3,6,9,14H,1,4-5,8H2,2H3. The van der Waals surface area contributed by atoms with Crippen molar-refractivity contribution in [2.24, 2.45) is 0 Å². The smallest absolute Gasteiger partial charge is 0.101 e. The van der Waals surface area contributed by atoms with Gasteiger partial charge < -0.3 is 5.32 Å². The van der Waals surface area contributed by atoms with Crippen molar-refractivity contribution in [1.82, 2.24) is 10.3 Å². The SMILES string of the molecule is C=CCNCc1cnc(CC)c(C#N)c1. The van der Waals surface area contributed by atoms with Crippen molar-refractivity contribution in [3.05, 3.63) is 41.7 Å². The van der Waals surface area contributed by atoms with Crippen LogP contribution < -0.4 is 5.32 Å². The lowest BCUT2D eigenvalue weighted by molar-refractivity contribution is 0.755. The van der Waals surface area contributed by atoms with Crippen LogP contribution in [0.3, 0.4) is 0 Å². The van der Waals surface area contributed by atoms with E-state index in [4.69, 9.17) is 5.26 Å². The van der Waals surface area contributed by atoms with E-state index >= 15 is 0 Å². The molecular weight excluding hydrogens is 186 g/mol. The summed E-state index contributed by atoms with van der Waals surface area (Å²) in [5, 5.41) is 12.1. The van der Waals surface area contributed by atoms with Crippen molar-refractivity contribution in [2.45, 2.75) is 19.9 Å². The van der Waals surface area contributed by atoms with Crippen molar-refractivity contribution in [2.75, 3.05) is 6.54 Å². The molecule has 0 bridgehead atoms. The van der Waals surface area contributed by atoms with E-state index in [9.17, 15) is 0 Å². The van der Waals surface area contributed by atoms with Crippen LogP contribution in [0.15, 0.2) is 24.9 Å². The Morgan fingerprint density at radius 1 is 1.67 bits per heavy atom. The molecule has 3 heteroatoms. The highest BCUT2D eigenvalue weighted by Crippen LogP contribution is 2.08. The van der Waals surface area contributed by atoms with Crippen molar-refractivity contribution < 1.29 is 0 Å². The van der Waals surface area contributed by atoms with E-state index in [-0.39, 0.29) is 0 Å². The second-order valence-corrected chi connectivity index (χ2v) is 3.22. The Morgan fingerprint density at radius 3 is 3.07 bits per heavy atom. The number of aryl methyl sites for hydroxylation is 1. The topological polar surface area (TPSA) is 48.7 Å². The van der Waals surface area contributed by atoms with Crippen LogP contribution in [0, 0.1) is 11.3 Å². The summed E-state index contributed by atoms with van der Waals surface area (Å²) in [5.74, 6) is 0. The van der Waals surface area contributed by atoms with E-state index in [1.807, 2.05) is 19.2 Å². The van der Waals surface area contributed by atoms with E-state index in [0.717, 1.165) is 30.8 Å². The summed E-state index contributed by atoms with van der Waals surface area (Å²) < 4.78 is 0. The largest absolute Gasteiger partial charge is 0.309 e. The Bertz CT molecular complexity index is 377. The molecule has 1 aromatic rings. The predicted octanol–water partition coefficient (Wildman–Crippen LogP) is 1.79. The number of nitriles is 1. The molecule has 1 aromatic heterocycles. The molecule has 0 aliphatic heterocycles. The van der Waals surface area contributed by atoms with Crippen LogP contribution in [0.1, 0.15) is 23.7 Å². The maximum Gasteiger partial charge on any atom is 0.101 e.